The minimum atomic E-state index is 0.839. The molecule has 0 aliphatic rings. The predicted octanol–water partition coefficient (Wildman–Crippen LogP) is 3.83. The molecular weight excluding hydrogens is 290 g/mol. The van der Waals surface area contributed by atoms with Crippen molar-refractivity contribution in [2.45, 2.75) is 0 Å². The number of nitrogens with zero attached hydrogens (tertiary/aromatic N) is 2. The number of aromatic nitrogens is 2. The second kappa shape index (κ2) is 4.46. The molecule has 18 heavy (non-hydrogen) atoms. The summed E-state index contributed by atoms with van der Waals surface area (Å²) in [5, 5.41) is 5.51. The largest absolute Gasteiger partial charge is 0.358 e. The molecular formula is C14H12BrN3. The Morgan fingerprint density at radius 3 is 2.72 bits per heavy atom. The van der Waals surface area contributed by atoms with E-state index in [0.717, 1.165) is 16.1 Å². The highest BCUT2D eigenvalue weighted by atomic mass is 79.9. The number of rotatable bonds is 2. The fourth-order valence-corrected chi connectivity index (χ4v) is 2.43. The van der Waals surface area contributed by atoms with Crippen LogP contribution in [0.25, 0.3) is 16.5 Å². The van der Waals surface area contributed by atoms with Gasteiger partial charge in [-0.3, -0.25) is 4.57 Å². The van der Waals surface area contributed by atoms with Crippen molar-refractivity contribution in [2.24, 2.45) is 0 Å². The van der Waals surface area contributed by atoms with Crippen molar-refractivity contribution in [2.75, 3.05) is 12.4 Å². The van der Waals surface area contributed by atoms with Crippen molar-refractivity contribution in [3.8, 4) is 5.69 Å². The van der Waals surface area contributed by atoms with Crippen LogP contribution in [0.3, 0.4) is 0 Å². The molecule has 0 amide bonds. The lowest BCUT2D eigenvalue weighted by molar-refractivity contribution is 1.06. The van der Waals surface area contributed by atoms with Gasteiger partial charge in [-0.05, 0) is 35.0 Å². The van der Waals surface area contributed by atoms with Crippen LogP contribution in [0.5, 0.6) is 0 Å². The van der Waals surface area contributed by atoms with E-state index in [2.05, 4.69) is 62.6 Å². The lowest BCUT2D eigenvalue weighted by Crippen LogP contribution is -2.00. The van der Waals surface area contributed by atoms with Crippen LogP contribution in [0.2, 0.25) is 0 Å². The van der Waals surface area contributed by atoms with E-state index in [9.17, 15) is 0 Å². The summed E-state index contributed by atoms with van der Waals surface area (Å²) >= 11 is 3.49. The van der Waals surface area contributed by atoms with Gasteiger partial charge in [0.1, 0.15) is 0 Å². The van der Waals surface area contributed by atoms with Crippen LogP contribution in [-0.4, -0.2) is 16.6 Å². The van der Waals surface area contributed by atoms with Crippen molar-refractivity contribution >= 4 is 32.7 Å². The molecule has 4 heteroatoms. The van der Waals surface area contributed by atoms with Gasteiger partial charge < -0.3 is 5.32 Å². The van der Waals surface area contributed by atoms with E-state index in [1.807, 2.05) is 17.8 Å². The Bertz CT molecular complexity index is 703. The second-order valence-corrected chi connectivity index (χ2v) is 4.96. The van der Waals surface area contributed by atoms with Gasteiger partial charge in [-0.1, -0.05) is 28.1 Å². The van der Waals surface area contributed by atoms with Gasteiger partial charge in [-0.25, -0.2) is 4.98 Å². The van der Waals surface area contributed by atoms with Crippen molar-refractivity contribution in [1.29, 1.82) is 0 Å². The Balaban J connectivity index is 2.16. The van der Waals surface area contributed by atoms with E-state index >= 15 is 0 Å². The van der Waals surface area contributed by atoms with E-state index in [1.54, 1.807) is 6.20 Å². The zero-order valence-electron chi connectivity index (χ0n) is 9.89. The number of hydrogen-bond donors (Lipinski definition) is 1. The smallest absolute Gasteiger partial charge is 0.207 e. The summed E-state index contributed by atoms with van der Waals surface area (Å²) in [6.45, 7) is 0. The average Bonchev–Trinajstić information content (AvgIpc) is 2.86. The molecule has 0 fully saturated rings. The topological polar surface area (TPSA) is 29.9 Å². The number of hydrogen-bond acceptors (Lipinski definition) is 2. The van der Waals surface area contributed by atoms with Crippen LogP contribution >= 0.6 is 15.9 Å². The van der Waals surface area contributed by atoms with Gasteiger partial charge in [-0.2, -0.15) is 0 Å². The molecule has 1 N–H and O–H groups in total. The molecule has 90 valence electrons. The SMILES string of the molecule is CNc1nccn1-c1ccc2cc(Br)ccc2c1. The van der Waals surface area contributed by atoms with E-state index in [0.29, 0.717) is 0 Å². The first-order chi connectivity index (χ1) is 8.78. The van der Waals surface area contributed by atoms with Gasteiger partial charge in [0.25, 0.3) is 0 Å². The number of nitrogens with one attached hydrogen (secondary N) is 1. The molecule has 1 heterocycles. The van der Waals surface area contributed by atoms with Crippen molar-refractivity contribution in [1.82, 2.24) is 9.55 Å². The fourth-order valence-electron chi connectivity index (χ4n) is 2.05. The molecule has 2 aromatic carbocycles. The van der Waals surface area contributed by atoms with Crippen molar-refractivity contribution in [3.05, 3.63) is 53.3 Å². The van der Waals surface area contributed by atoms with E-state index < -0.39 is 0 Å². The van der Waals surface area contributed by atoms with Crippen LogP contribution in [0.15, 0.2) is 53.3 Å². The molecule has 0 atom stereocenters. The van der Waals surface area contributed by atoms with E-state index in [4.69, 9.17) is 0 Å². The van der Waals surface area contributed by atoms with Gasteiger partial charge in [0.2, 0.25) is 5.95 Å². The number of anilines is 1. The zero-order chi connectivity index (χ0) is 12.5. The highest BCUT2D eigenvalue weighted by Gasteiger charge is 2.04. The van der Waals surface area contributed by atoms with Gasteiger partial charge >= 0.3 is 0 Å². The standard InChI is InChI=1S/C14H12BrN3/c1-16-14-17-6-7-18(14)13-5-3-10-8-12(15)4-2-11(10)9-13/h2-9H,1H3,(H,16,17). The minimum Gasteiger partial charge on any atom is -0.358 e. The lowest BCUT2D eigenvalue weighted by Gasteiger charge is -2.08. The lowest BCUT2D eigenvalue weighted by atomic mass is 10.1. The summed E-state index contributed by atoms with van der Waals surface area (Å²) in [7, 11) is 1.87. The van der Waals surface area contributed by atoms with Gasteiger partial charge in [-0.15, -0.1) is 0 Å². The van der Waals surface area contributed by atoms with Crippen LogP contribution in [0.4, 0.5) is 5.95 Å². The molecule has 0 aliphatic heterocycles. The van der Waals surface area contributed by atoms with Crippen molar-refractivity contribution < 1.29 is 0 Å². The second-order valence-electron chi connectivity index (χ2n) is 4.05. The highest BCUT2D eigenvalue weighted by Crippen LogP contribution is 2.23. The Labute approximate surface area is 114 Å². The summed E-state index contributed by atoms with van der Waals surface area (Å²) < 4.78 is 3.13. The monoisotopic (exact) mass is 301 g/mol. The first-order valence-corrected chi connectivity index (χ1v) is 6.48. The third kappa shape index (κ3) is 1.88. The van der Waals surface area contributed by atoms with Crippen LogP contribution in [0.1, 0.15) is 0 Å². The van der Waals surface area contributed by atoms with Crippen molar-refractivity contribution in [3.63, 3.8) is 0 Å². The number of halogens is 1. The zero-order valence-corrected chi connectivity index (χ0v) is 11.5. The molecule has 1 aromatic heterocycles. The summed E-state index contributed by atoms with van der Waals surface area (Å²) in [6.07, 6.45) is 3.74. The number of benzene rings is 2. The quantitative estimate of drug-likeness (QED) is 0.779. The average molecular weight is 302 g/mol. The van der Waals surface area contributed by atoms with Crippen LogP contribution < -0.4 is 5.32 Å². The summed E-state index contributed by atoms with van der Waals surface area (Å²) in [6, 6.07) is 12.7. The molecule has 3 nitrogen and oxygen atoms in total. The van der Waals surface area contributed by atoms with Gasteiger partial charge in [0.05, 0.1) is 0 Å². The fraction of sp³-hybridized carbons (Fsp3) is 0.0714. The third-order valence-electron chi connectivity index (χ3n) is 2.93. The van der Waals surface area contributed by atoms with E-state index in [1.165, 1.54) is 10.8 Å². The summed E-state index contributed by atoms with van der Waals surface area (Å²) in [4.78, 5) is 4.25. The predicted molar refractivity (Wildman–Crippen MR) is 78.3 cm³/mol. The Morgan fingerprint density at radius 1 is 1.11 bits per heavy atom. The maximum atomic E-state index is 4.25. The molecule has 3 rings (SSSR count). The molecule has 0 aliphatic carbocycles. The van der Waals surface area contributed by atoms with Crippen LogP contribution in [-0.2, 0) is 0 Å². The third-order valence-corrected chi connectivity index (χ3v) is 3.42. The molecule has 0 radical (unpaired) electrons. The molecule has 0 bridgehead atoms. The molecule has 0 saturated heterocycles. The molecule has 0 spiro atoms. The van der Waals surface area contributed by atoms with Gasteiger partial charge in [0.15, 0.2) is 0 Å². The molecule has 3 aromatic rings. The summed E-state index contributed by atoms with van der Waals surface area (Å²) in [5.74, 6) is 0.839. The minimum absolute atomic E-state index is 0.839. The molecule has 0 unspecified atom stereocenters. The van der Waals surface area contributed by atoms with Crippen LogP contribution in [0, 0.1) is 0 Å². The Hall–Kier alpha value is -1.81. The van der Waals surface area contributed by atoms with Gasteiger partial charge in [0, 0.05) is 29.6 Å². The first kappa shape index (κ1) is 11.3. The maximum Gasteiger partial charge on any atom is 0.207 e. The Morgan fingerprint density at radius 2 is 1.89 bits per heavy atom. The molecule has 0 saturated carbocycles. The van der Waals surface area contributed by atoms with E-state index in [-0.39, 0.29) is 0 Å². The Kier molecular flexibility index (Phi) is 2.80. The maximum absolute atomic E-state index is 4.25. The summed E-state index contributed by atoms with van der Waals surface area (Å²) in [5.41, 5.74) is 1.10. The normalized spacial score (nSPS) is 10.8. The first-order valence-electron chi connectivity index (χ1n) is 5.69. The highest BCUT2D eigenvalue weighted by molar-refractivity contribution is 9.10. The number of imidazole rings is 1. The number of fused-ring (bicyclic) bond motifs is 1.